The van der Waals surface area contributed by atoms with Crippen molar-refractivity contribution in [3.63, 3.8) is 0 Å². The molecule has 2 saturated heterocycles. The van der Waals surface area contributed by atoms with E-state index >= 15 is 0 Å². The molecule has 2 unspecified atom stereocenters. The summed E-state index contributed by atoms with van der Waals surface area (Å²) in [7, 11) is 1.83. The van der Waals surface area contributed by atoms with E-state index in [0.717, 1.165) is 81.4 Å². The number of aryl methyl sites for hydroxylation is 2. The Labute approximate surface area is 235 Å². The predicted molar refractivity (Wildman–Crippen MR) is 148 cm³/mol. The van der Waals surface area contributed by atoms with Crippen LogP contribution in [0.25, 0.3) is 0 Å². The Morgan fingerprint density at radius 1 is 1.15 bits per heavy atom. The maximum atomic E-state index is 14.5. The summed E-state index contributed by atoms with van der Waals surface area (Å²) in [6.45, 7) is 5.35. The van der Waals surface area contributed by atoms with Gasteiger partial charge in [0.2, 0.25) is 0 Å². The second-order valence-corrected chi connectivity index (χ2v) is 12.1. The molecule has 6 rings (SSSR count). The van der Waals surface area contributed by atoms with Crippen molar-refractivity contribution in [3.05, 3.63) is 47.0 Å². The zero-order valence-electron chi connectivity index (χ0n) is 23.5. The summed E-state index contributed by atoms with van der Waals surface area (Å²) in [5, 5.41) is 7.54. The monoisotopic (exact) mass is 553 g/mol. The summed E-state index contributed by atoms with van der Waals surface area (Å²) >= 11 is 0. The Bertz CT molecular complexity index is 1230. The number of anilines is 1. The number of hydrogen-bond donors (Lipinski definition) is 1. The summed E-state index contributed by atoms with van der Waals surface area (Å²) in [4.78, 5) is 30.4. The number of hydrogen-bond acceptors (Lipinski definition) is 6. The second kappa shape index (κ2) is 11.1. The highest BCUT2D eigenvalue weighted by atomic mass is 19.1. The third kappa shape index (κ3) is 5.35. The van der Waals surface area contributed by atoms with Crippen molar-refractivity contribution < 1.29 is 23.5 Å². The van der Waals surface area contributed by atoms with Crippen LogP contribution in [-0.2, 0) is 21.9 Å². The van der Waals surface area contributed by atoms with E-state index < -0.39 is 0 Å². The Kier molecular flexibility index (Phi) is 7.56. The summed E-state index contributed by atoms with van der Waals surface area (Å²) in [5.74, 6) is -0.401. The van der Waals surface area contributed by atoms with Gasteiger partial charge in [0, 0.05) is 48.9 Å². The highest BCUT2D eigenvalue weighted by molar-refractivity contribution is 6.06. The molecule has 1 aromatic carbocycles. The number of ether oxygens (including phenoxy) is 2. The Morgan fingerprint density at radius 2 is 1.95 bits per heavy atom. The van der Waals surface area contributed by atoms with Gasteiger partial charge in [-0.15, -0.1) is 0 Å². The maximum absolute atomic E-state index is 14.5. The molecular formula is C30H40FN5O4. The first-order valence-electron chi connectivity index (χ1n) is 14.7. The van der Waals surface area contributed by atoms with Gasteiger partial charge in [-0.3, -0.25) is 9.48 Å². The molecule has 0 bridgehead atoms. The van der Waals surface area contributed by atoms with Gasteiger partial charge in [0.05, 0.1) is 13.2 Å². The zero-order chi connectivity index (χ0) is 27.9. The SMILES string of the molecule is Cc1cc(C(=O)N2CC3(CCN(C4CCCCC(NC(=O)O[C@H]5CCOC5)C4)CC3)c3cc(F)ccc32)nn1C. The van der Waals surface area contributed by atoms with Gasteiger partial charge in [0.1, 0.15) is 11.9 Å². The molecule has 1 aromatic heterocycles. The minimum atomic E-state index is -0.337. The van der Waals surface area contributed by atoms with E-state index in [0.29, 0.717) is 31.5 Å². The number of halogens is 1. The number of amides is 2. The van der Waals surface area contributed by atoms with Gasteiger partial charge in [0.15, 0.2) is 5.69 Å². The van der Waals surface area contributed by atoms with Gasteiger partial charge < -0.3 is 24.6 Å². The fourth-order valence-corrected chi connectivity index (χ4v) is 7.13. The van der Waals surface area contributed by atoms with E-state index in [9.17, 15) is 14.0 Å². The van der Waals surface area contributed by atoms with Crippen molar-refractivity contribution in [3.8, 4) is 0 Å². The van der Waals surface area contributed by atoms with E-state index in [1.165, 1.54) is 6.07 Å². The first-order valence-corrected chi connectivity index (χ1v) is 14.7. The van der Waals surface area contributed by atoms with Crippen LogP contribution in [0.2, 0.25) is 0 Å². The number of fused-ring (bicyclic) bond motifs is 2. The molecule has 3 atom stereocenters. The molecule has 4 aliphatic rings. The van der Waals surface area contributed by atoms with Crippen molar-refractivity contribution in [2.24, 2.45) is 7.05 Å². The molecule has 10 heteroatoms. The van der Waals surface area contributed by atoms with E-state index in [1.807, 2.05) is 20.0 Å². The van der Waals surface area contributed by atoms with Crippen LogP contribution in [0.3, 0.4) is 0 Å². The molecule has 1 spiro atoms. The second-order valence-electron chi connectivity index (χ2n) is 12.1. The number of nitrogens with zero attached hydrogens (tertiary/aromatic N) is 4. The fourth-order valence-electron chi connectivity index (χ4n) is 7.13. The summed E-state index contributed by atoms with van der Waals surface area (Å²) < 4.78 is 27.1. The van der Waals surface area contributed by atoms with Gasteiger partial charge >= 0.3 is 6.09 Å². The van der Waals surface area contributed by atoms with Gasteiger partial charge in [-0.2, -0.15) is 5.10 Å². The highest BCUT2D eigenvalue weighted by Gasteiger charge is 2.47. The van der Waals surface area contributed by atoms with Crippen LogP contribution in [0.15, 0.2) is 24.3 Å². The molecule has 1 saturated carbocycles. The van der Waals surface area contributed by atoms with Crippen LogP contribution < -0.4 is 10.2 Å². The molecule has 1 aliphatic carbocycles. The quantitative estimate of drug-likeness (QED) is 0.574. The van der Waals surface area contributed by atoms with Crippen LogP contribution in [0.4, 0.5) is 14.9 Å². The Morgan fingerprint density at radius 3 is 2.67 bits per heavy atom. The third-order valence-corrected chi connectivity index (χ3v) is 9.51. The van der Waals surface area contributed by atoms with E-state index in [1.54, 1.807) is 21.7 Å². The summed E-state index contributed by atoms with van der Waals surface area (Å²) in [6, 6.07) is 7.11. The number of carbonyl (C=O) groups is 2. The van der Waals surface area contributed by atoms with Crippen molar-refractivity contribution in [1.82, 2.24) is 20.0 Å². The van der Waals surface area contributed by atoms with Gasteiger partial charge in [-0.25, -0.2) is 9.18 Å². The lowest BCUT2D eigenvalue weighted by Gasteiger charge is -2.43. The Hall–Kier alpha value is -2.98. The molecule has 1 N–H and O–H groups in total. The molecule has 4 heterocycles. The summed E-state index contributed by atoms with van der Waals surface area (Å²) in [5.41, 5.74) is 2.80. The molecule has 3 fully saturated rings. The molecule has 0 radical (unpaired) electrons. The van der Waals surface area contributed by atoms with Gasteiger partial charge in [-0.1, -0.05) is 12.8 Å². The van der Waals surface area contributed by atoms with Crippen molar-refractivity contribution in [2.75, 3.05) is 37.7 Å². The van der Waals surface area contributed by atoms with Crippen molar-refractivity contribution in [1.29, 1.82) is 0 Å². The van der Waals surface area contributed by atoms with Crippen LogP contribution in [0, 0.1) is 12.7 Å². The Balaban J connectivity index is 1.13. The standard InChI is InChI=1S/C30H40FN5O4/c1-20-15-26(33-34(20)2)28(37)36-19-30(25-16-21(31)7-8-27(25)36)10-12-35(13-11-30)23-6-4-3-5-22(17-23)32-29(38)40-24-9-14-39-18-24/h7-8,15-16,22-24H,3-6,9-14,17-19H2,1-2H3,(H,32,38)/t22?,23?,24-/m0/s1. The fraction of sp³-hybridized carbons (Fsp3) is 0.633. The molecule has 2 amide bonds. The van der Waals surface area contributed by atoms with Crippen LogP contribution in [-0.4, -0.2) is 77.7 Å². The number of benzene rings is 1. The average molecular weight is 554 g/mol. The van der Waals surface area contributed by atoms with Crippen LogP contribution in [0.1, 0.15) is 73.1 Å². The number of carbonyl (C=O) groups excluding carboxylic acids is 2. The first-order chi connectivity index (χ1) is 19.3. The lowest BCUT2D eigenvalue weighted by molar-refractivity contribution is 0.0764. The van der Waals surface area contributed by atoms with Crippen LogP contribution >= 0.6 is 0 Å². The molecule has 3 aliphatic heterocycles. The number of aromatic nitrogens is 2. The zero-order valence-corrected chi connectivity index (χ0v) is 23.5. The number of piperidine rings is 1. The minimum Gasteiger partial charge on any atom is -0.444 e. The van der Waals surface area contributed by atoms with E-state index in [2.05, 4.69) is 15.3 Å². The van der Waals surface area contributed by atoms with E-state index in [4.69, 9.17) is 9.47 Å². The number of nitrogens with one attached hydrogen (secondary N) is 1. The van der Waals surface area contributed by atoms with Gasteiger partial charge in [-0.05, 0) is 81.9 Å². The van der Waals surface area contributed by atoms with E-state index in [-0.39, 0.29) is 35.4 Å². The lowest BCUT2D eigenvalue weighted by atomic mass is 9.74. The highest BCUT2D eigenvalue weighted by Crippen LogP contribution is 2.48. The minimum absolute atomic E-state index is 0.0921. The molecule has 216 valence electrons. The number of rotatable bonds is 4. The number of likely N-dealkylation sites (tertiary alicyclic amines) is 1. The summed E-state index contributed by atoms with van der Waals surface area (Å²) in [6.07, 6.45) is 7.17. The van der Waals surface area contributed by atoms with Crippen molar-refractivity contribution in [2.45, 2.75) is 81.9 Å². The topological polar surface area (TPSA) is 88.9 Å². The first kappa shape index (κ1) is 27.2. The molecule has 2 aromatic rings. The third-order valence-electron chi connectivity index (χ3n) is 9.51. The average Bonchev–Trinajstić information content (AvgIpc) is 3.59. The van der Waals surface area contributed by atoms with Crippen LogP contribution in [0.5, 0.6) is 0 Å². The normalized spacial score (nSPS) is 26.5. The smallest absolute Gasteiger partial charge is 0.407 e. The predicted octanol–water partition coefficient (Wildman–Crippen LogP) is 4.08. The largest absolute Gasteiger partial charge is 0.444 e. The molecule has 40 heavy (non-hydrogen) atoms. The molecule has 9 nitrogen and oxygen atoms in total. The van der Waals surface area contributed by atoms with Crippen molar-refractivity contribution >= 4 is 17.7 Å². The number of alkyl carbamates (subject to hydrolysis) is 1. The maximum Gasteiger partial charge on any atom is 0.407 e. The lowest BCUT2D eigenvalue weighted by Crippen LogP contribution is -2.50. The molecular weight excluding hydrogens is 513 g/mol. The van der Waals surface area contributed by atoms with Gasteiger partial charge in [0.25, 0.3) is 5.91 Å².